The van der Waals surface area contributed by atoms with Crippen LogP contribution in [0.4, 0.5) is 0 Å². The van der Waals surface area contributed by atoms with Crippen molar-refractivity contribution < 1.29 is 9.21 Å². The van der Waals surface area contributed by atoms with Crippen LogP contribution in [0, 0.1) is 0 Å². The second kappa shape index (κ2) is 7.50. The lowest BCUT2D eigenvalue weighted by Gasteiger charge is -2.16. The van der Waals surface area contributed by atoms with Gasteiger partial charge >= 0.3 is 0 Å². The third kappa shape index (κ3) is 3.62. The number of benzene rings is 2. The molecule has 0 aliphatic rings. The van der Waals surface area contributed by atoms with Gasteiger partial charge in [0.1, 0.15) is 5.82 Å². The van der Waals surface area contributed by atoms with Crippen LogP contribution in [-0.4, -0.2) is 15.5 Å². The van der Waals surface area contributed by atoms with Crippen LogP contribution in [0.2, 0.25) is 0 Å². The fraction of sp³-hybridized carbons (Fsp3) is 0.182. The summed E-state index contributed by atoms with van der Waals surface area (Å²) in [5.41, 5.74) is 3.27. The standard InChI is InChI=1S/C22H21N3O2/c1-16(23-22(26)20-12-7-15-27-20)21-24-18-10-5-6-11-19(18)25(21)14-13-17-8-3-2-4-9-17/h2-12,15-16H,13-14H2,1H3,(H,23,26)/t16-/m0/s1. The summed E-state index contributed by atoms with van der Waals surface area (Å²) in [4.78, 5) is 17.1. The summed E-state index contributed by atoms with van der Waals surface area (Å²) < 4.78 is 7.38. The molecule has 0 spiro atoms. The summed E-state index contributed by atoms with van der Waals surface area (Å²) in [6.45, 7) is 2.74. The van der Waals surface area contributed by atoms with Gasteiger partial charge in [0, 0.05) is 6.54 Å². The molecule has 136 valence electrons. The fourth-order valence-electron chi connectivity index (χ4n) is 3.29. The first-order valence-corrected chi connectivity index (χ1v) is 9.06. The maximum absolute atomic E-state index is 12.4. The van der Waals surface area contributed by atoms with Crippen LogP contribution in [0.3, 0.4) is 0 Å². The SMILES string of the molecule is C[C@H](NC(=O)c1ccco1)c1nc2ccccc2n1CCc1ccccc1. The molecular formula is C22H21N3O2. The minimum absolute atomic E-state index is 0.242. The molecular weight excluding hydrogens is 338 g/mol. The number of imidazole rings is 1. The van der Waals surface area contributed by atoms with E-state index in [1.807, 2.05) is 31.2 Å². The summed E-state index contributed by atoms with van der Waals surface area (Å²) >= 11 is 0. The highest BCUT2D eigenvalue weighted by Crippen LogP contribution is 2.22. The monoisotopic (exact) mass is 359 g/mol. The summed E-state index contributed by atoms with van der Waals surface area (Å²) in [6, 6.07) is 21.5. The maximum atomic E-state index is 12.4. The zero-order valence-corrected chi connectivity index (χ0v) is 15.1. The Morgan fingerprint density at radius 3 is 2.63 bits per heavy atom. The number of para-hydroxylation sites is 2. The maximum Gasteiger partial charge on any atom is 0.287 e. The molecule has 0 saturated heterocycles. The first-order valence-electron chi connectivity index (χ1n) is 9.06. The molecule has 0 unspecified atom stereocenters. The third-order valence-electron chi connectivity index (χ3n) is 4.63. The molecule has 1 atom stereocenters. The van der Waals surface area contributed by atoms with Gasteiger partial charge in [-0.3, -0.25) is 4.79 Å². The number of aromatic nitrogens is 2. The third-order valence-corrected chi connectivity index (χ3v) is 4.63. The van der Waals surface area contributed by atoms with Crippen LogP contribution in [-0.2, 0) is 13.0 Å². The van der Waals surface area contributed by atoms with Gasteiger partial charge in [-0.15, -0.1) is 0 Å². The molecule has 0 aliphatic carbocycles. The van der Waals surface area contributed by atoms with E-state index in [0.717, 1.165) is 29.8 Å². The Labute approximate surface area is 157 Å². The quantitative estimate of drug-likeness (QED) is 0.556. The number of carbonyl (C=O) groups is 1. The number of hydrogen-bond acceptors (Lipinski definition) is 3. The van der Waals surface area contributed by atoms with E-state index in [-0.39, 0.29) is 11.9 Å². The molecule has 2 aromatic heterocycles. The lowest BCUT2D eigenvalue weighted by molar-refractivity contribution is 0.0909. The molecule has 4 aromatic rings. The van der Waals surface area contributed by atoms with E-state index in [0.29, 0.717) is 5.76 Å². The van der Waals surface area contributed by atoms with Crippen LogP contribution in [0.1, 0.15) is 34.9 Å². The average Bonchev–Trinajstić information content (AvgIpc) is 3.35. The van der Waals surface area contributed by atoms with Gasteiger partial charge in [-0.05, 0) is 43.2 Å². The Hall–Kier alpha value is -3.34. The van der Waals surface area contributed by atoms with Crippen molar-refractivity contribution in [2.75, 3.05) is 0 Å². The molecule has 5 heteroatoms. The molecule has 5 nitrogen and oxygen atoms in total. The smallest absolute Gasteiger partial charge is 0.287 e. The minimum atomic E-state index is -0.245. The van der Waals surface area contributed by atoms with Crippen LogP contribution < -0.4 is 5.32 Å². The highest BCUT2D eigenvalue weighted by Gasteiger charge is 2.20. The van der Waals surface area contributed by atoms with Gasteiger partial charge in [0.05, 0.1) is 23.3 Å². The second-order valence-corrected chi connectivity index (χ2v) is 6.52. The van der Waals surface area contributed by atoms with Crippen molar-refractivity contribution in [3.63, 3.8) is 0 Å². The molecule has 1 amide bonds. The predicted octanol–water partition coefficient (Wildman–Crippen LogP) is 4.36. The predicted molar refractivity (Wildman–Crippen MR) is 104 cm³/mol. The topological polar surface area (TPSA) is 60.1 Å². The normalized spacial score (nSPS) is 12.2. The summed E-state index contributed by atoms with van der Waals surface area (Å²) in [7, 11) is 0. The molecule has 4 rings (SSSR count). The van der Waals surface area contributed by atoms with Crippen molar-refractivity contribution in [2.45, 2.75) is 25.9 Å². The Morgan fingerprint density at radius 2 is 1.85 bits per heavy atom. The van der Waals surface area contributed by atoms with E-state index in [2.05, 4.69) is 40.2 Å². The lowest BCUT2D eigenvalue weighted by Crippen LogP contribution is -2.28. The van der Waals surface area contributed by atoms with Crippen molar-refractivity contribution in [1.82, 2.24) is 14.9 Å². The van der Waals surface area contributed by atoms with Crippen LogP contribution in [0.25, 0.3) is 11.0 Å². The number of furan rings is 1. The largest absolute Gasteiger partial charge is 0.459 e. The van der Waals surface area contributed by atoms with Gasteiger partial charge in [-0.25, -0.2) is 4.98 Å². The van der Waals surface area contributed by atoms with Gasteiger partial charge in [0.2, 0.25) is 0 Å². The van der Waals surface area contributed by atoms with Crippen molar-refractivity contribution in [3.8, 4) is 0 Å². The van der Waals surface area contributed by atoms with E-state index < -0.39 is 0 Å². The van der Waals surface area contributed by atoms with Crippen molar-refractivity contribution in [2.24, 2.45) is 0 Å². The first-order chi connectivity index (χ1) is 13.2. The van der Waals surface area contributed by atoms with Gasteiger partial charge in [0.15, 0.2) is 5.76 Å². The van der Waals surface area contributed by atoms with Gasteiger partial charge in [0.25, 0.3) is 5.91 Å². The van der Waals surface area contributed by atoms with E-state index in [1.165, 1.54) is 11.8 Å². The molecule has 27 heavy (non-hydrogen) atoms. The molecule has 0 aliphatic heterocycles. The van der Waals surface area contributed by atoms with Crippen LogP contribution in [0.15, 0.2) is 77.4 Å². The molecule has 2 aromatic carbocycles. The van der Waals surface area contributed by atoms with Gasteiger partial charge < -0.3 is 14.3 Å². The Balaban J connectivity index is 1.62. The number of nitrogens with zero attached hydrogens (tertiary/aromatic N) is 2. The number of aryl methyl sites for hydroxylation is 2. The van der Waals surface area contributed by atoms with Crippen LogP contribution >= 0.6 is 0 Å². The second-order valence-electron chi connectivity index (χ2n) is 6.52. The number of fused-ring (bicyclic) bond motifs is 1. The molecule has 0 saturated carbocycles. The molecule has 2 heterocycles. The molecule has 0 fully saturated rings. The Bertz CT molecular complexity index is 1040. The summed E-state index contributed by atoms with van der Waals surface area (Å²) in [6.07, 6.45) is 2.39. The van der Waals surface area contributed by atoms with Crippen LogP contribution in [0.5, 0.6) is 0 Å². The number of hydrogen-bond donors (Lipinski definition) is 1. The number of nitrogens with one attached hydrogen (secondary N) is 1. The lowest BCUT2D eigenvalue weighted by atomic mass is 10.1. The number of amides is 1. The minimum Gasteiger partial charge on any atom is -0.459 e. The summed E-state index contributed by atoms with van der Waals surface area (Å²) in [5.74, 6) is 0.898. The first kappa shape index (κ1) is 17.1. The zero-order valence-electron chi connectivity index (χ0n) is 15.1. The van der Waals surface area contributed by atoms with Gasteiger partial charge in [-0.1, -0.05) is 42.5 Å². The Morgan fingerprint density at radius 1 is 1.07 bits per heavy atom. The highest BCUT2D eigenvalue weighted by atomic mass is 16.3. The van der Waals surface area contributed by atoms with E-state index in [1.54, 1.807) is 12.1 Å². The summed E-state index contributed by atoms with van der Waals surface area (Å²) in [5, 5.41) is 2.98. The average molecular weight is 359 g/mol. The van der Waals surface area contributed by atoms with Crippen molar-refractivity contribution >= 4 is 16.9 Å². The zero-order chi connectivity index (χ0) is 18.6. The Kier molecular flexibility index (Phi) is 4.75. The van der Waals surface area contributed by atoms with E-state index in [9.17, 15) is 4.79 Å². The highest BCUT2D eigenvalue weighted by molar-refractivity contribution is 5.91. The molecule has 1 N–H and O–H groups in total. The fourth-order valence-corrected chi connectivity index (χ4v) is 3.29. The van der Waals surface area contributed by atoms with Crippen molar-refractivity contribution in [1.29, 1.82) is 0 Å². The number of carbonyl (C=O) groups excluding carboxylic acids is 1. The van der Waals surface area contributed by atoms with E-state index in [4.69, 9.17) is 9.40 Å². The molecule has 0 bridgehead atoms. The van der Waals surface area contributed by atoms with Gasteiger partial charge in [-0.2, -0.15) is 0 Å². The number of rotatable bonds is 6. The van der Waals surface area contributed by atoms with Crippen molar-refractivity contribution in [3.05, 3.63) is 90.1 Å². The molecule has 0 radical (unpaired) electrons. The van der Waals surface area contributed by atoms with E-state index >= 15 is 0 Å².